The average molecular weight is 706 g/mol. The number of carbonyl (C=O) groups excluding carboxylic acids is 5. The van der Waals surface area contributed by atoms with E-state index < -0.39 is 73.8 Å². The summed E-state index contributed by atoms with van der Waals surface area (Å²) in [5.74, 6) is -3.09. The zero-order valence-electron chi connectivity index (χ0n) is 30.7. The van der Waals surface area contributed by atoms with Crippen LogP contribution in [-0.4, -0.2) is 84.7 Å². The van der Waals surface area contributed by atoms with Gasteiger partial charge >= 0.3 is 0 Å². The minimum Gasteiger partial charge on any atom is -0.346 e. The Bertz CT molecular complexity index is 1420. The quantitative estimate of drug-likeness (QED) is 0.159. The zero-order chi connectivity index (χ0) is 36.7. The lowest BCUT2D eigenvalue weighted by Gasteiger charge is -2.39. The number of nitrogens with zero attached hydrogens (tertiary/aromatic N) is 1. The largest absolute Gasteiger partial charge is 0.346 e. The average Bonchev–Trinajstić information content (AvgIpc) is 3.87. The lowest BCUT2D eigenvalue weighted by atomic mass is 9.82. The molecule has 3 saturated carbocycles. The van der Waals surface area contributed by atoms with Gasteiger partial charge in [0.15, 0.2) is 0 Å². The summed E-state index contributed by atoms with van der Waals surface area (Å²) in [6.45, 7) is 18.3. The van der Waals surface area contributed by atoms with Crippen molar-refractivity contribution in [2.45, 2.75) is 136 Å². The Balaban J connectivity index is 1.59. The van der Waals surface area contributed by atoms with Crippen LogP contribution in [0.25, 0.3) is 0 Å². The zero-order valence-corrected chi connectivity index (χ0v) is 31.5. The molecule has 13 heteroatoms. The number of rotatable bonds is 14. The van der Waals surface area contributed by atoms with Crippen LogP contribution in [0, 0.1) is 34.5 Å². The van der Waals surface area contributed by atoms with Crippen LogP contribution in [0.2, 0.25) is 0 Å². The number of sulfonamides is 1. The molecule has 12 nitrogen and oxygen atoms in total. The molecule has 0 aromatic heterocycles. The van der Waals surface area contributed by atoms with E-state index in [0.717, 1.165) is 32.1 Å². The third kappa shape index (κ3) is 8.75. The smallest absolute Gasteiger partial charge is 0.289 e. The summed E-state index contributed by atoms with van der Waals surface area (Å²) in [5, 5.41) is 8.30. The van der Waals surface area contributed by atoms with Crippen molar-refractivity contribution in [2.24, 2.45) is 34.5 Å². The Morgan fingerprint density at radius 2 is 1.55 bits per heavy atom. The fraction of sp³-hybridized carbons (Fsp3) is 0.806. The molecule has 4 fully saturated rings. The maximum atomic E-state index is 14.5. The SMILES string of the molecule is C=CCNC(=O)C(=O)C(CC1CC1)NC(=O)[C@@H]1[C@@H]2[C@H](CN1C(=O)[C@@H](NC(=O)[C@@H](NS(=O)(=O)C(C)(C)C)C1CCCCC1)C(C)(C)C)C2(C)C. The van der Waals surface area contributed by atoms with Crippen molar-refractivity contribution in [3.63, 3.8) is 0 Å². The Hall–Kier alpha value is -2.80. The molecule has 1 heterocycles. The Kier molecular flexibility index (Phi) is 11.5. The highest BCUT2D eigenvalue weighted by atomic mass is 32.2. The van der Waals surface area contributed by atoms with E-state index in [0.29, 0.717) is 25.8 Å². The summed E-state index contributed by atoms with van der Waals surface area (Å²) in [4.78, 5) is 70.1. The van der Waals surface area contributed by atoms with E-state index in [1.165, 1.54) is 11.0 Å². The minimum atomic E-state index is -3.89. The van der Waals surface area contributed by atoms with E-state index in [2.05, 4.69) is 41.1 Å². The lowest BCUT2D eigenvalue weighted by molar-refractivity contribution is -0.147. The van der Waals surface area contributed by atoms with Gasteiger partial charge in [0.2, 0.25) is 33.5 Å². The predicted molar refractivity (Wildman–Crippen MR) is 187 cm³/mol. The first-order valence-electron chi connectivity index (χ1n) is 18.0. The molecule has 1 unspecified atom stereocenters. The van der Waals surface area contributed by atoms with Crippen molar-refractivity contribution in [1.29, 1.82) is 0 Å². The van der Waals surface area contributed by atoms with Gasteiger partial charge in [0, 0.05) is 13.1 Å². The van der Waals surface area contributed by atoms with Crippen LogP contribution in [-0.2, 0) is 34.0 Å². The van der Waals surface area contributed by atoms with Crippen molar-refractivity contribution in [2.75, 3.05) is 13.1 Å². The summed E-state index contributed by atoms with van der Waals surface area (Å²) in [7, 11) is -3.89. The highest BCUT2D eigenvalue weighted by molar-refractivity contribution is 7.90. The first-order chi connectivity index (χ1) is 22.6. The van der Waals surface area contributed by atoms with Crippen LogP contribution < -0.4 is 20.7 Å². The van der Waals surface area contributed by atoms with E-state index in [9.17, 15) is 32.4 Å². The molecule has 0 spiro atoms. The van der Waals surface area contributed by atoms with Gasteiger partial charge in [-0.15, -0.1) is 6.58 Å². The molecule has 0 bridgehead atoms. The third-order valence-corrected chi connectivity index (χ3v) is 13.4. The molecule has 4 N–H and O–H groups in total. The monoisotopic (exact) mass is 705 g/mol. The number of piperidine rings is 1. The van der Waals surface area contributed by atoms with Crippen molar-refractivity contribution in [1.82, 2.24) is 25.6 Å². The van der Waals surface area contributed by atoms with Gasteiger partial charge in [-0.1, -0.05) is 72.8 Å². The number of Topliss-reactive ketones (excluding diaryl/α,β-unsaturated/α-hetero) is 1. The molecule has 276 valence electrons. The highest BCUT2D eigenvalue weighted by Gasteiger charge is 2.70. The molecule has 49 heavy (non-hydrogen) atoms. The topological polar surface area (TPSA) is 171 Å². The van der Waals surface area contributed by atoms with E-state index in [-0.39, 0.29) is 35.6 Å². The van der Waals surface area contributed by atoms with E-state index in [1.54, 1.807) is 20.8 Å². The van der Waals surface area contributed by atoms with E-state index in [1.807, 2.05) is 20.8 Å². The number of likely N-dealkylation sites (tertiary alicyclic amines) is 1. The number of carbonyl (C=O) groups is 5. The van der Waals surface area contributed by atoms with Crippen LogP contribution >= 0.6 is 0 Å². The molecular weight excluding hydrogens is 646 g/mol. The van der Waals surface area contributed by atoms with Gasteiger partial charge < -0.3 is 20.9 Å². The van der Waals surface area contributed by atoms with Crippen LogP contribution in [0.4, 0.5) is 0 Å². The molecule has 4 aliphatic rings. The summed E-state index contributed by atoms with van der Waals surface area (Å²) in [6, 6.07) is -4.02. The number of hydrogen-bond donors (Lipinski definition) is 4. The molecular formula is C36H59N5O7S. The second-order valence-electron chi connectivity index (χ2n) is 17.4. The number of ketones is 1. The normalized spacial score (nSPS) is 25.7. The number of hydrogen-bond acceptors (Lipinski definition) is 7. The number of amides is 4. The predicted octanol–water partition coefficient (Wildman–Crippen LogP) is 2.82. The second-order valence-corrected chi connectivity index (χ2v) is 19.9. The van der Waals surface area contributed by atoms with Crippen molar-refractivity contribution < 1.29 is 32.4 Å². The van der Waals surface area contributed by atoms with Gasteiger partial charge in [0.25, 0.3) is 5.91 Å². The van der Waals surface area contributed by atoms with Crippen molar-refractivity contribution in [3.05, 3.63) is 12.7 Å². The number of fused-ring (bicyclic) bond motifs is 1. The third-order valence-electron chi connectivity index (χ3n) is 11.2. The van der Waals surface area contributed by atoms with Gasteiger partial charge in [0.05, 0.1) is 10.8 Å². The molecule has 0 radical (unpaired) electrons. The molecule has 0 aromatic rings. The minimum absolute atomic E-state index is 0.0468. The highest BCUT2D eigenvalue weighted by Crippen LogP contribution is 2.65. The maximum absolute atomic E-state index is 14.5. The maximum Gasteiger partial charge on any atom is 0.289 e. The summed E-state index contributed by atoms with van der Waals surface area (Å²) >= 11 is 0. The summed E-state index contributed by atoms with van der Waals surface area (Å²) in [6.07, 6.45) is 7.82. The van der Waals surface area contributed by atoms with Gasteiger partial charge in [-0.3, -0.25) is 24.0 Å². The molecule has 4 amide bonds. The standard InChI is InChI=1S/C36H59N5O7S/c1-10-18-37-32(45)28(42)24(19-21-16-17-21)38-31(44)27-25-23(36(25,8)9)20-41(27)33(46)29(34(2,3)4)39-30(43)26(22-14-12-11-13-15-22)40-49(47,48)35(5,6)7/h10,21-27,29,40H,1,11-20H2,2-9H3,(H,37,45)(H,38,44)(H,39,43)/t23-,24?,25-,26-,27-,29+/m0/s1. The Morgan fingerprint density at radius 3 is 2.08 bits per heavy atom. The fourth-order valence-corrected chi connectivity index (χ4v) is 8.61. The Labute approximate surface area is 292 Å². The molecule has 6 atom stereocenters. The van der Waals surface area contributed by atoms with Crippen molar-refractivity contribution >= 4 is 39.4 Å². The van der Waals surface area contributed by atoms with Gasteiger partial charge in [-0.25, -0.2) is 13.1 Å². The fourth-order valence-electron chi connectivity index (χ4n) is 7.62. The molecule has 4 rings (SSSR count). The summed E-state index contributed by atoms with van der Waals surface area (Å²) in [5.41, 5.74) is -1.00. The van der Waals surface area contributed by atoms with Crippen LogP contribution in [0.1, 0.15) is 107 Å². The second kappa shape index (κ2) is 14.4. The molecule has 1 aliphatic heterocycles. The molecule has 1 saturated heterocycles. The van der Waals surface area contributed by atoms with E-state index >= 15 is 0 Å². The van der Waals surface area contributed by atoms with Gasteiger partial charge in [-0.2, -0.15) is 0 Å². The van der Waals surface area contributed by atoms with E-state index in [4.69, 9.17) is 0 Å². The van der Waals surface area contributed by atoms with Crippen LogP contribution in [0.5, 0.6) is 0 Å². The Morgan fingerprint density at radius 1 is 0.939 bits per heavy atom. The van der Waals surface area contributed by atoms with Gasteiger partial charge in [0.1, 0.15) is 18.1 Å². The molecule has 3 aliphatic carbocycles. The number of nitrogens with one attached hydrogen (secondary N) is 4. The van der Waals surface area contributed by atoms with Crippen LogP contribution in [0.15, 0.2) is 12.7 Å². The van der Waals surface area contributed by atoms with Gasteiger partial charge in [-0.05, 0) is 74.5 Å². The molecule has 0 aromatic carbocycles. The summed E-state index contributed by atoms with van der Waals surface area (Å²) < 4.78 is 28.1. The first kappa shape index (κ1) is 39.0. The lowest BCUT2D eigenvalue weighted by Crippen LogP contribution is -2.63. The van der Waals surface area contributed by atoms with Crippen molar-refractivity contribution in [3.8, 4) is 0 Å². The van der Waals surface area contributed by atoms with Crippen LogP contribution in [0.3, 0.4) is 0 Å². The first-order valence-corrected chi connectivity index (χ1v) is 19.5.